The molecule has 4 nitrogen and oxygen atoms in total. The lowest BCUT2D eigenvalue weighted by Gasteiger charge is -2.18. The van der Waals surface area contributed by atoms with Crippen molar-refractivity contribution < 1.29 is 9.53 Å². The molecule has 29 heavy (non-hydrogen) atoms. The minimum absolute atomic E-state index is 0.0151. The number of nitrogens with one attached hydrogen (secondary N) is 2. The predicted octanol–water partition coefficient (Wildman–Crippen LogP) is 5.42. The number of ether oxygens (including phenoxy) is 1. The van der Waals surface area contributed by atoms with Gasteiger partial charge in [-0.1, -0.05) is 51.1 Å². The molecule has 1 atom stereocenters. The molecule has 1 heterocycles. The van der Waals surface area contributed by atoms with Crippen LogP contribution in [0.2, 0.25) is 0 Å². The van der Waals surface area contributed by atoms with Crippen LogP contribution in [0, 0.1) is 5.92 Å². The Morgan fingerprint density at radius 2 is 1.86 bits per heavy atom. The Morgan fingerprint density at radius 1 is 1.10 bits per heavy atom. The largest absolute Gasteiger partial charge is 0.494 e. The lowest BCUT2D eigenvalue weighted by atomic mass is 9.87. The van der Waals surface area contributed by atoms with E-state index in [1.807, 2.05) is 19.1 Å². The fourth-order valence-electron chi connectivity index (χ4n) is 3.77. The minimum Gasteiger partial charge on any atom is -0.494 e. The van der Waals surface area contributed by atoms with Gasteiger partial charge >= 0.3 is 0 Å². The maximum absolute atomic E-state index is 12.7. The van der Waals surface area contributed by atoms with Crippen molar-refractivity contribution in [3.8, 4) is 5.75 Å². The highest BCUT2D eigenvalue weighted by Gasteiger charge is 2.22. The zero-order valence-corrected chi connectivity index (χ0v) is 17.9. The van der Waals surface area contributed by atoms with Gasteiger partial charge in [0.05, 0.1) is 6.61 Å². The molecule has 0 spiro atoms. The standard InChI is InChI=1S/C25H32N2O2/c1-5-18-8-7-9-21-23(16-27-25(18)21)22(14-24(28)26-15-17(3)4)19-10-12-20(13-11-19)29-6-2/h7-13,16-17,22,27H,5-6,14-15H2,1-4H3,(H,26,28)/t22-/m0/s1. The molecule has 3 aromatic rings. The van der Waals surface area contributed by atoms with Crippen molar-refractivity contribution >= 4 is 16.8 Å². The van der Waals surface area contributed by atoms with Crippen molar-refractivity contribution in [3.63, 3.8) is 0 Å². The van der Waals surface area contributed by atoms with Crippen LogP contribution < -0.4 is 10.1 Å². The Hall–Kier alpha value is -2.75. The number of fused-ring (bicyclic) bond motifs is 1. The second-order valence-electron chi connectivity index (χ2n) is 7.89. The van der Waals surface area contributed by atoms with E-state index >= 15 is 0 Å². The molecule has 0 saturated carbocycles. The van der Waals surface area contributed by atoms with Crippen LogP contribution in [-0.4, -0.2) is 24.0 Å². The number of hydrogen-bond donors (Lipinski definition) is 2. The molecule has 154 valence electrons. The summed E-state index contributed by atoms with van der Waals surface area (Å²) < 4.78 is 5.59. The smallest absolute Gasteiger partial charge is 0.220 e. The molecule has 0 fully saturated rings. The van der Waals surface area contributed by atoms with Crippen molar-refractivity contribution in [2.75, 3.05) is 13.2 Å². The Morgan fingerprint density at radius 3 is 2.52 bits per heavy atom. The second-order valence-corrected chi connectivity index (χ2v) is 7.89. The van der Waals surface area contributed by atoms with Crippen molar-refractivity contribution in [2.24, 2.45) is 5.92 Å². The van der Waals surface area contributed by atoms with E-state index in [0.717, 1.165) is 17.7 Å². The first-order chi connectivity index (χ1) is 14.0. The number of H-pyrrole nitrogens is 1. The van der Waals surface area contributed by atoms with Gasteiger partial charge in [0.25, 0.3) is 0 Å². The SMILES string of the molecule is CCOc1ccc([C@H](CC(=O)NCC(C)C)c2c[nH]c3c(CC)cccc23)cc1. The normalized spacial score (nSPS) is 12.3. The first-order valence-electron chi connectivity index (χ1n) is 10.6. The van der Waals surface area contributed by atoms with Gasteiger partial charge in [0.1, 0.15) is 5.75 Å². The lowest BCUT2D eigenvalue weighted by Crippen LogP contribution is -2.28. The van der Waals surface area contributed by atoms with E-state index in [2.05, 4.69) is 67.6 Å². The van der Waals surface area contributed by atoms with Crippen molar-refractivity contribution in [1.82, 2.24) is 10.3 Å². The molecule has 0 aliphatic rings. The van der Waals surface area contributed by atoms with Gasteiger partial charge in [-0.2, -0.15) is 0 Å². The summed E-state index contributed by atoms with van der Waals surface area (Å²) in [6, 6.07) is 14.5. The third-order valence-electron chi connectivity index (χ3n) is 5.28. The molecule has 0 unspecified atom stereocenters. The third kappa shape index (κ3) is 5.00. The first kappa shape index (κ1) is 21.0. The minimum atomic E-state index is -0.0151. The summed E-state index contributed by atoms with van der Waals surface area (Å²) in [6.07, 6.45) is 3.46. The summed E-state index contributed by atoms with van der Waals surface area (Å²) >= 11 is 0. The summed E-state index contributed by atoms with van der Waals surface area (Å²) in [4.78, 5) is 16.2. The van der Waals surface area contributed by atoms with Crippen molar-refractivity contribution in [3.05, 3.63) is 65.4 Å². The summed E-state index contributed by atoms with van der Waals surface area (Å²) in [6.45, 7) is 9.70. The van der Waals surface area contributed by atoms with Gasteiger partial charge in [-0.3, -0.25) is 4.79 Å². The molecule has 0 aliphatic carbocycles. The van der Waals surface area contributed by atoms with Crippen LogP contribution in [0.1, 0.15) is 56.7 Å². The van der Waals surface area contributed by atoms with Gasteiger partial charge in [0, 0.05) is 36.0 Å². The van der Waals surface area contributed by atoms with Crippen LogP contribution in [-0.2, 0) is 11.2 Å². The highest BCUT2D eigenvalue weighted by Crippen LogP contribution is 2.35. The van der Waals surface area contributed by atoms with Crippen LogP contribution in [0.15, 0.2) is 48.7 Å². The van der Waals surface area contributed by atoms with Crippen LogP contribution >= 0.6 is 0 Å². The van der Waals surface area contributed by atoms with E-state index < -0.39 is 0 Å². The number of carbonyl (C=O) groups is 1. The molecule has 0 bridgehead atoms. The summed E-state index contributed by atoms with van der Waals surface area (Å²) in [5.74, 6) is 1.35. The number of para-hydroxylation sites is 1. The van der Waals surface area contributed by atoms with E-state index in [1.54, 1.807) is 0 Å². The maximum Gasteiger partial charge on any atom is 0.220 e. The zero-order valence-electron chi connectivity index (χ0n) is 17.9. The molecular formula is C25H32N2O2. The fourth-order valence-corrected chi connectivity index (χ4v) is 3.77. The molecule has 1 amide bonds. The van der Waals surface area contributed by atoms with Crippen LogP contribution in [0.3, 0.4) is 0 Å². The number of carbonyl (C=O) groups excluding carboxylic acids is 1. The van der Waals surface area contributed by atoms with Crippen LogP contribution in [0.4, 0.5) is 0 Å². The lowest BCUT2D eigenvalue weighted by molar-refractivity contribution is -0.121. The van der Waals surface area contributed by atoms with E-state index in [1.165, 1.54) is 22.0 Å². The molecule has 1 aromatic heterocycles. The third-order valence-corrected chi connectivity index (χ3v) is 5.28. The molecule has 0 radical (unpaired) electrons. The fraction of sp³-hybridized carbons (Fsp3) is 0.400. The quantitative estimate of drug-likeness (QED) is 0.511. The van der Waals surface area contributed by atoms with Gasteiger partial charge in [-0.15, -0.1) is 0 Å². The average molecular weight is 393 g/mol. The highest BCUT2D eigenvalue weighted by atomic mass is 16.5. The van der Waals surface area contributed by atoms with Gasteiger partial charge < -0.3 is 15.0 Å². The van der Waals surface area contributed by atoms with Gasteiger partial charge in [-0.05, 0) is 48.1 Å². The van der Waals surface area contributed by atoms with Gasteiger partial charge in [0.15, 0.2) is 0 Å². The Bertz CT molecular complexity index is 941. The number of aromatic nitrogens is 1. The Balaban J connectivity index is 1.97. The van der Waals surface area contributed by atoms with Crippen molar-refractivity contribution in [1.29, 1.82) is 0 Å². The van der Waals surface area contributed by atoms with Crippen LogP contribution in [0.25, 0.3) is 10.9 Å². The predicted molar refractivity (Wildman–Crippen MR) is 120 cm³/mol. The number of aromatic amines is 1. The number of benzene rings is 2. The molecule has 4 heteroatoms. The molecule has 0 aliphatic heterocycles. The topological polar surface area (TPSA) is 54.1 Å². The van der Waals surface area contributed by atoms with Gasteiger partial charge in [0.2, 0.25) is 5.91 Å². The van der Waals surface area contributed by atoms with E-state index in [4.69, 9.17) is 4.74 Å². The summed E-state index contributed by atoms with van der Waals surface area (Å²) in [5, 5.41) is 4.27. The molecule has 2 N–H and O–H groups in total. The molecule has 3 rings (SSSR count). The monoisotopic (exact) mass is 392 g/mol. The Kier molecular flexibility index (Phi) is 6.97. The number of rotatable bonds is 9. The highest BCUT2D eigenvalue weighted by molar-refractivity contribution is 5.88. The maximum atomic E-state index is 12.7. The first-order valence-corrected chi connectivity index (χ1v) is 10.6. The number of hydrogen-bond acceptors (Lipinski definition) is 2. The molecule has 0 saturated heterocycles. The van der Waals surface area contributed by atoms with E-state index in [0.29, 0.717) is 25.5 Å². The van der Waals surface area contributed by atoms with E-state index in [9.17, 15) is 4.79 Å². The van der Waals surface area contributed by atoms with Crippen LogP contribution in [0.5, 0.6) is 5.75 Å². The van der Waals surface area contributed by atoms with Gasteiger partial charge in [-0.25, -0.2) is 0 Å². The number of aryl methyl sites for hydroxylation is 1. The molecule has 2 aromatic carbocycles. The molecular weight excluding hydrogens is 360 g/mol. The summed E-state index contributed by atoms with van der Waals surface area (Å²) in [7, 11) is 0. The Labute approximate surface area is 173 Å². The number of amides is 1. The zero-order chi connectivity index (χ0) is 20.8. The van der Waals surface area contributed by atoms with Crippen molar-refractivity contribution in [2.45, 2.75) is 46.5 Å². The van der Waals surface area contributed by atoms with E-state index in [-0.39, 0.29) is 11.8 Å². The average Bonchev–Trinajstić information content (AvgIpc) is 3.15. The second kappa shape index (κ2) is 9.64. The summed E-state index contributed by atoms with van der Waals surface area (Å²) in [5.41, 5.74) is 4.75.